The number of anilines is 1. The van der Waals surface area contributed by atoms with E-state index in [1.165, 1.54) is 11.6 Å². The lowest BCUT2D eigenvalue weighted by atomic mass is 10.2. The number of rotatable bonds is 7. The summed E-state index contributed by atoms with van der Waals surface area (Å²) in [4.78, 5) is 29.3. The zero-order valence-electron chi connectivity index (χ0n) is 16.5. The van der Waals surface area contributed by atoms with E-state index in [1.807, 2.05) is 18.2 Å². The fraction of sp³-hybridized carbons (Fsp3) is 0.333. The van der Waals surface area contributed by atoms with Crippen molar-refractivity contribution in [3.63, 3.8) is 0 Å². The maximum atomic E-state index is 12.7. The van der Waals surface area contributed by atoms with E-state index in [9.17, 15) is 9.59 Å². The molecule has 0 atom stereocenters. The van der Waals surface area contributed by atoms with Crippen molar-refractivity contribution >= 4 is 39.3 Å². The van der Waals surface area contributed by atoms with Gasteiger partial charge in [-0.3, -0.25) is 13.9 Å². The van der Waals surface area contributed by atoms with E-state index in [0.29, 0.717) is 30.4 Å². The van der Waals surface area contributed by atoms with Crippen LogP contribution < -0.4 is 21.4 Å². The minimum atomic E-state index is -0.451. The zero-order chi connectivity index (χ0) is 21.1. The van der Waals surface area contributed by atoms with Gasteiger partial charge < -0.3 is 14.0 Å². The van der Waals surface area contributed by atoms with Crippen LogP contribution in [-0.4, -0.2) is 45.7 Å². The molecule has 0 fully saturated rings. The van der Waals surface area contributed by atoms with Gasteiger partial charge in [-0.05, 0) is 18.2 Å². The summed E-state index contributed by atoms with van der Waals surface area (Å²) in [7, 11) is 6.14. The lowest BCUT2D eigenvalue weighted by molar-refractivity contribution is 0.188. The summed E-state index contributed by atoms with van der Waals surface area (Å²) in [5, 5.41) is 4.23. The Kier molecular flexibility index (Phi) is 6.18. The van der Waals surface area contributed by atoms with Crippen LogP contribution >= 0.6 is 15.9 Å². The molecule has 10 nitrogen and oxygen atoms in total. The quantitative estimate of drug-likeness (QED) is 0.417. The van der Waals surface area contributed by atoms with Crippen LogP contribution in [0, 0.1) is 0 Å². The molecule has 0 radical (unpaired) electrons. The van der Waals surface area contributed by atoms with Gasteiger partial charge in [-0.15, -0.1) is 0 Å². The van der Waals surface area contributed by atoms with Gasteiger partial charge in [0.1, 0.15) is 5.75 Å². The van der Waals surface area contributed by atoms with Gasteiger partial charge in [0.05, 0.1) is 19.9 Å². The Balaban J connectivity index is 2.06. The fourth-order valence-corrected chi connectivity index (χ4v) is 3.28. The van der Waals surface area contributed by atoms with Crippen molar-refractivity contribution < 1.29 is 9.47 Å². The molecule has 11 heteroatoms. The summed E-state index contributed by atoms with van der Waals surface area (Å²) in [5.74, 6) is 0.975. The predicted molar refractivity (Wildman–Crippen MR) is 114 cm³/mol. The lowest BCUT2D eigenvalue weighted by Gasteiger charge is -2.08. The summed E-state index contributed by atoms with van der Waals surface area (Å²) in [6.07, 6.45) is 1.58. The SMILES string of the molecule is COCCn1c(N/N=C\c2cc(Br)ccc2OC)nc2c1c(=O)n(C)c(=O)n2C. The van der Waals surface area contributed by atoms with Gasteiger partial charge in [0.25, 0.3) is 5.56 Å². The monoisotopic (exact) mass is 464 g/mol. The zero-order valence-corrected chi connectivity index (χ0v) is 18.1. The highest BCUT2D eigenvalue weighted by atomic mass is 79.9. The van der Waals surface area contributed by atoms with Gasteiger partial charge in [-0.1, -0.05) is 15.9 Å². The standard InChI is InChI=1S/C18H21BrN6O4/c1-23-15-14(16(26)24(2)18(23)27)25(7-8-28-3)17(21-15)22-20-10-11-9-12(19)5-6-13(11)29-4/h5-6,9-10H,7-8H2,1-4H3,(H,21,22)/b20-10-. The Morgan fingerprint density at radius 2 is 2.00 bits per heavy atom. The Morgan fingerprint density at radius 1 is 1.24 bits per heavy atom. The number of hydrogen-bond acceptors (Lipinski definition) is 7. The van der Waals surface area contributed by atoms with E-state index < -0.39 is 11.2 Å². The van der Waals surface area contributed by atoms with E-state index in [4.69, 9.17) is 9.47 Å². The molecule has 0 aliphatic heterocycles. The van der Waals surface area contributed by atoms with E-state index in [0.717, 1.165) is 14.6 Å². The van der Waals surface area contributed by atoms with Crippen molar-refractivity contribution in [3.05, 3.63) is 49.1 Å². The molecule has 0 unspecified atom stereocenters. The molecule has 2 heterocycles. The Hall–Kier alpha value is -2.92. The second kappa shape index (κ2) is 8.62. The molecule has 3 rings (SSSR count). The average Bonchev–Trinajstić information content (AvgIpc) is 3.07. The molecule has 0 spiro atoms. The van der Waals surface area contributed by atoms with Crippen molar-refractivity contribution in [2.24, 2.45) is 19.2 Å². The van der Waals surface area contributed by atoms with E-state index in [1.54, 1.807) is 32.0 Å². The van der Waals surface area contributed by atoms with E-state index >= 15 is 0 Å². The van der Waals surface area contributed by atoms with Crippen molar-refractivity contribution in [2.75, 3.05) is 26.3 Å². The average molecular weight is 465 g/mol. The first-order valence-electron chi connectivity index (χ1n) is 8.66. The van der Waals surface area contributed by atoms with Gasteiger partial charge in [0.2, 0.25) is 5.95 Å². The fourth-order valence-electron chi connectivity index (χ4n) is 2.90. The van der Waals surface area contributed by atoms with Crippen LogP contribution in [0.25, 0.3) is 11.2 Å². The number of halogens is 1. The lowest BCUT2D eigenvalue weighted by Crippen LogP contribution is -2.37. The summed E-state index contributed by atoms with van der Waals surface area (Å²) in [5.41, 5.74) is 3.29. The molecule has 0 aliphatic rings. The Bertz CT molecular complexity index is 1190. The van der Waals surface area contributed by atoms with Crippen LogP contribution in [0.4, 0.5) is 5.95 Å². The highest BCUT2D eigenvalue weighted by Crippen LogP contribution is 2.21. The second-order valence-electron chi connectivity index (χ2n) is 6.21. The normalized spacial score (nSPS) is 11.5. The summed E-state index contributed by atoms with van der Waals surface area (Å²) >= 11 is 3.42. The van der Waals surface area contributed by atoms with Gasteiger partial charge in [-0.25, -0.2) is 10.2 Å². The smallest absolute Gasteiger partial charge is 0.332 e. The van der Waals surface area contributed by atoms with Crippen LogP contribution in [0.15, 0.2) is 37.4 Å². The van der Waals surface area contributed by atoms with Gasteiger partial charge >= 0.3 is 5.69 Å². The number of aryl methyl sites for hydroxylation is 1. The third-order valence-corrected chi connectivity index (χ3v) is 4.92. The number of hydrogen-bond donors (Lipinski definition) is 1. The molecule has 154 valence electrons. The molecule has 0 bridgehead atoms. The first-order valence-corrected chi connectivity index (χ1v) is 9.46. The predicted octanol–water partition coefficient (Wildman–Crippen LogP) is 1.30. The summed E-state index contributed by atoms with van der Waals surface area (Å²) < 4.78 is 15.4. The largest absolute Gasteiger partial charge is 0.496 e. The maximum Gasteiger partial charge on any atom is 0.332 e. The molecule has 0 saturated carbocycles. The molecule has 2 aromatic heterocycles. The van der Waals surface area contributed by atoms with Crippen LogP contribution in [0.3, 0.4) is 0 Å². The van der Waals surface area contributed by atoms with Gasteiger partial charge in [-0.2, -0.15) is 10.1 Å². The molecule has 0 amide bonds. The third kappa shape index (κ3) is 3.96. The van der Waals surface area contributed by atoms with Crippen molar-refractivity contribution in [1.29, 1.82) is 0 Å². The Morgan fingerprint density at radius 3 is 2.69 bits per heavy atom. The van der Waals surface area contributed by atoms with Crippen molar-refractivity contribution in [1.82, 2.24) is 18.7 Å². The minimum absolute atomic E-state index is 0.270. The van der Waals surface area contributed by atoms with Crippen LogP contribution in [-0.2, 0) is 25.4 Å². The molecule has 0 saturated heterocycles. The first-order chi connectivity index (χ1) is 13.9. The first kappa shape index (κ1) is 20.8. The van der Waals surface area contributed by atoms with Gasteiger partial charge in [0, 0.05) is 37.8 Å². The number of benzene rings is 1. The number of imidazole rings is 1. The molecule has 29 heavy (non-hydrogen) atoms. The number of methoxy groups -OCH3 is 2. The van der Waals surface area contributed by atoms with Crippen LogP contribution in [0.5, 0.6) is 5.75 Å². The topological polar surface area (TPSA) is 105 Å². The second-order valence-corrected chi connectivity index (χ2v) is 7.13. The summed E-state index contributed by atoms with van der Waals surface area (Å²) in [6, 6.07) is 5.54. The molecular weight excluding hydrogens is 444 g/mol. The third-order valence-electron chi connectivity index (χ3n) is 4.43. The number of nitrogens with one attached hydrogen (secondary N) is 1. The van der Waals surface area contributed by atoms with Gasteiger partial charge in [0.15, 0.2) is 11.2 Å². The van der Waals surface area contributed by atoms with Crippen LogP contribution in [0.2, 0.25) is 0 Å². The van der Waals surface area contributed by atoms with E-state index in [-0.39, 0.29) is 5.65 Å². The van der Waals surface area contributed by atoms with Crippen molar-refractivity contribution in [3.8, 4) is 5.75 Å². The van der Waals surface area contributed by atoms with E-state index in [2.05, 4.69) is 31.4 Å². The maximum absolute atomic E-state index is 12.7. The minimum Gasteiger partial charge on any atom is -0.496 e. The van der Waals surface area contributed by atoms with Crippen molar-refractivity contribution in [2.45, 2.75) is 6.54 Å². The molecular formula is C18H21BrN6O4. The Labute approximate surface area is 174 Å². The summed E-state index contributed by atoms with van der Waals surface area (Å²) in [6.45, 7) is 0.716. The molecule has 1 N–H and O–H groups in total. The number of hydrazone groups is 1. The number of aromatic nitrogens is 4. The highest BCUT2D eigenvalue weighted by Gasteiger charge is 2.18. The molecule has 1 aromatic carbocycles. The number of fused-ring (bicyclic) bond motifs is 1. The molecule has 3 aromatic rings. The highest BCUT2D eigenvalue weighted by molar-refractivity contribution is 9.10. The number of ether oxygens (including phenoxy) is 2. The number of nitrogens with zero attached hydrogens (tertiary/aromatic N) is 5. The van der Waals surface area contributed by atoms with Crippen LogP contribution in [0.1, 0.15) is 5.56 Å². The molecule has 0 aliphatic carbocycles.